The smallest absolute Gasteiger partial charge is 0.125 e. The largest absolute Gasteiger partial charge is 0.497 e. The predicted octanol–water partition coefficient (Wildman–Crippen LogP) is 3.25. The molecular formula is C18H26O4. The standard InChI is InChI=1S/C18H26O4/c1-6-17(21-5)14(3)18(13(2)11-19)22-12-15-7-9-16(20-4)10-8-15/h6-11,13-14,17-18H,1,12H2,2-5H3/t13-,14+,17-,18-/m1/s1. The summed E-state index contributed by atoms with van der Waals surface area (Å²) in [6.07, 6.45) is 2.28. The first-order valence-corrected chi connectivity index (χ1v) is 7.42. The zero-order valence-corrected chi connectivity index (χ0v) is 13.8. The lowest BCUT2D eigenvalue weighted by Crippen LogP contribution is -2.37. The topological polar surface area (TPSA) is 44.8 Å². The monoisotopic (exact) mass is 306 g/mol. The van der Waals surface area contributed by atoms with Gasteiger partial charge in [0.15, 0.2) is 0 Å². The van der Waals surface area contributed by atoms with Crippen molar-refractivity contribution in [1.29, 1.82) is 0 Å². The van der Waals surface area contributed by atoms with Gasteiger partial charge in [0.05, 0.1) is 25.9 Å². The van der Waals surface area contributed by atoms with E-state index in [2.05, 4.69) is 6.58 Å². The fourth-order valence-electron chi connectivity index (χ4n) is 2.49. The number of hydrogen-bond acceptors (Lipinski definition) is 4. The number of carbonyl (C=O) groups excluding carboxylic acids is 1. The molecule has 0 fully saturated rings. The van der Waals surface area contributed by atoms with Gasteiger partial charge >= 0.3 is 0 Å². The lowest BCUT2D eigenvalue weighted by Gasteiger charge is -2.30. The Kier molecular flexibility index (Phi) is 7.85. The number of rotatable bonds is 10. The Morgan fingerprint density at radius 1 is 1.18 bits per heavy atom. The first-order chi connectivity index (χ1) is 10.6. The molecule has 1 aromatic carbocycles. The third-order valence-electron chi connectivity index (χ3n) is 3.88. The average Bonchev–Trinajstić information content (AvgIpc) is 2.56. The first kappa shape index (κ1) is 18.4. The molecule has 4 atom stereocenters. The molecule has 122 valence electrons. The second kappa shape index (κ2) is 9.38. The third-order valence-corrected chi connectivity index (χ3v) is 3.88. The second-order valence-electron chi connectivity index (χ2n) is 5.41. The molecule has 1 rings (SSSR count). The van der Waals surface area contributed by atoms with Crippen LogP contribution in [0, 0.1) is 11.8 Å². The molecule has 0 bridgehead atoms. The number of hydrogen-bond donors (Lipinski definition) is 0. The van der Waals surface area contributed by atoms with Crippen LogP contribution < -0.4 is 4.74 Å². The minimum atomic E-state index is -0.234. The summed E-state index contributed by atoms with van der Waals surface area (Å²) in [5, 5.41) is 0. The molecular weight excluding hydrogens is 280 g/mol. The van der Waals surface area contributed by atoms with Crippen LogP contribution in [0.25, 0.3) is 0 Å². The summed E-state index contributed by atoms with van der Waals surface area (Å²) in [6, 6.07) is 7.69. The molecule has 1 aromatic rings. The molecule has 0 saturated carbocycles. The summed E-state index contributed by atoms with van der Waals surface area (Å²) in [4.78, 5) is 11.2. The molecule has 4 heteroatoms. The number of ether oxygens (including phenoxy) is 3. The van der Waals surface area contributed by atoms with Crippen molar-refractivity contribution in [2.24, 2.45) is 11.8 Å². The average molecular weight is 306 g/mol. The van der Waals surface area contributed by atoms with Gasteiger partial charge in [-0.25, -0.2) is 0 Å². The molecule has 0 unspecified atom stereocenters. The maximum absolute atomic E-state index is 11.2. The highest BCUT2D eigenvalue weighted by Gasteiger charge is 2.29. The van der Waals surface area contributed by atoms with Gasteiger partial charge in [-0.2, -0.15) is 0 Å². The fourth-order valence-corrected chi connectivity index (χ4v) is 2.49. The summed E-state index contributed by atoms with van der Waals surface area (Å²) in [5.41, 5.74) is 1.03. The molecule has 0 amide bonds. The summed E-state index contributed by atoms with van der Waals surface area (Å²) >= 11 is 0. The van der Waals surface area contributed by atoms with E-state index < -0.39 is 0 Å². The van der Waals surface area contributed by atoms with Gasteiger partial charge in [-0.15, -0.1) is 6.58 Å². The van der Waals surface area contributed by atoms with Crippen molar-refractivity contribution in [3.63, 3.8) is 0 Å². The van der Waals surface area contributed by atoms with Gasteiger partial charge in [0, 0.05) is 18.9 Å². The SMILES string of the molecule is C=C[C@@H](OC)[C@H](C)[C@H](OCc1ccc(OC)cc1)[C@H](C)C=O. The minimum Gasteiger partial charge on any atom is -0.497 e. The zero-order chi connectivity index (χ0) is 16.5. The van der Waals surface area contributed by atoms with E-state index in [4.69, 9.17) is 14.2 Å². The Balaban J connectivity index is 2.75. The Hall–Kier alpha value is -1.65. The van der Waals surface area contributed by atoms with Crippen molar-refractivity contribution in [1.82, 2.24) is 0 Å². The Morgan fingerprint density at radius 3 is 2.27 bits per heavy atom. The van der Waals surface area contributed by atoms with E-state index in [0.29, 0.717) is 6.61 Å². The summed E-state index contributed by atoms with van der Waals surface area (Å²) in [7, 11) is 3.27. The molecule has 0 aromatic heterocycles. The molecule has 0 heterocycles. The Morgan fingerprint density at radius 2 is 1.82 bits per heavy atom. The summed E-state index contributed by atoms with van der Waals surface area (Å²) < 4.78 is 16.5. The normalized spacial score (nSPS) is 16.4. The maximum Gasteiger partial charge on any atom is 0.125 e. The first-order valence-electron chi connectivity index (χ1n) is 7.42. The maximum atomic E-state index is 11.2. The molecule has 0 aliphatic heterocycles. The van der Waals surface area contributed by atoms with Gasteiger partial charge in [0.1, 0.15) is 12.0 Å². The quantitative estimate of drug-likeness (QED) is 0.492. The van der Waals surface area contributed by atoms with E-state index in [1.54, 1.807) is 20.3 Å². The lowest BCUT2D eigenvalue weighted by molar-refractivity contribution is -0.120. The molecule has 4 nitrogen and oxygen atoms in total. The number of carbonyl (C=O) groups is 1. The molecule has 0 aliphatic carbocycles. The zero-order valence-electron chi connectivity index (χ0n) is 13.8. The summed E-state index contributed by atoms with van der Waals surface area (Å²) in [6.45, 7) is 8.08. The van der Waals surface area contributed by atoms with Crippen LogP contribution >= 0.6 is 0 Å². The van der Waals surface area contributed by atoms with Crippen LogP contribution in [0.2, 0.25) is 0 Å². The molecule has 0 spiro atoms. The van der Waals surface area contributed by atoms with E-state index >= 15 is 0 Å². The highest BCUT2D eigenvalue weighted by Crippen LogP contribution is 2.23. The van der Waals surface area contributed by atoms with Gasteiger partial charge in [-0.3, -0.25) is 0 Å². The molecule has 22 heavy (non-hydrogen) atoms. The van der Waals surface area contributed by atoms with E-state index in [-0.39, 0.29) is 24.0 Å². The van der Waals surface area contributed by atoms with Crippen LogP contribution in [-0.4, -0.2) is 32.7 Å². The number of methoxy groups -OCH3 is 2. The second-order valence-corrected chi connectivity index (χ2v) is 5.41. The predicted molar refractivity (Wildman–Crippen MR) is 87.0 cm³/mol. The van der Waals surface area contributed by atoms with Crippen molar-refractivity contribution in [2.75, 3.05) is 14.2 Å². The van der Waals surface area contributed by atoms with Crippen LogP contribution in [0.15, 0.2) is 36.9 Å². The Labute approximate surface area is 133 Å². The van der Waals surface area contributed by atoms with Crippen LogP contribution in [0.5, 0.6) is 5.75 Å². The molecule has 0 saturated heterocycles. The highest BCUT2D eigenvalue weighted by atomic mass is 16.5. The van der Waals surface area contributed by atoms with Crippen molar-refractivity contribution < 1.29 is 19.0 Å². The highest BCUT2D eigenvalue weighted by molar-refractivity contribution is 5.53. The van der Waals surface area contributed by atoms with E-state index in [0.717, 1.165) is 17.6 Å². The Bertz CT molecular complexity index is 455. The van der Waals surface area contributed by atoms with Gasteiger partial charge in [0.25, 0.3) is 0 Å². The van der Waals surface area contributed by atoms with Crippen molar-refractivity contribution in [3.8, 4) is 5.75 Å². The van der Waals surface area contributed by atoms with E-state index in [9.17, 15) is 4.79 Å². The molecule has 0 N–H and O–H groups in total. The van der Waals surface area contributed by atoms with Crippen LogP contribution in [-0.2, 0) is 20.9 Å². The van der Waals surface area contributed by atoms with Crippen molar-refractivity contribution in [3.05, 3.63) is 42.5 Å². The number of aldehydes is 1. The van der Waals surface area contributed by atoms with Crippen molar-refractivity contribution in [2.45, 2.75) is 32.7 Å². The number of benzene rings is 1. The van der Waals surface area contributed by atoms with Gasteiger partial charge in [0.2, 0.25) is 0 Å². The summed E-state index contributed by atoms with van der Waals surface area (Å²) in [5.74, 6) is 0.618. The van der Waals surface area contributed by atoms with Crippen LogP contribution in [0.3, 0.4) is 0 Å². The third kappa shape index (κ3) is 4.97. The van der Waals surface area contributed by atoms with Crippen LogP contribution in [0.4, 0.5) is 0 Å². The fraction of sp³-hybridized carbons (Fsp3) is 0.500. The van der Waals surface area contributed by atoms with Crippen LogP contribution in [0.1, 0.15) is 19.4 Å². The van der Waals surface area contributed by atoms with Gasteiger partial charge in [-0.05, 0) is 17.7 Å². The lowest BCUT2D eigenvalue weighted by atomic mass is 9.89. The molecule has 0 radical (unpaired) electrons. The van der Waals surface area contributed by atoms with Crippen molar-refractivity contribution >= 4 is 6.29 Å². The van der Waals surface area contributed by atoms with Gasteiger partial charge < -0.3 is 19.0 Å². The molecule has 0 aliphatic rings. The van der Waals surface area contributed by atoms with E-state index in [1.807, 2.05) is 38.1 Å². The van der Waals surface area contributed by atoms with E-state index in [1.165, 1.54) is 0 Å². The van der Waals surface area contributed by atoms with Gasteiger partial charge in [-0.1, -0.05) is 32.1 Å². The minimum absolute atomic E-state index is 0.0287.